The lowest BCUT2D eigenvalue weighted by Crippen LogP contribution is -2.43. The van der Waals surface area contributed by atoms with Crippen LogP contribution in [0.5, 0.6) is 0 Å². The lowest BCUT2D eigenvalue weighted by atomic mass is 9.78. The molecular weight excluding hydrogens is 833 g/mol. The Labute approximate surface area is 372 Å². The number of fused-ring (bicyclic) bond motifs is 4. The highest BCUT2D eigenvalue weighted by Crippen LogP contribution is 2.57. The molecule has 346 valence electrons. The van der Waals surface area contributed by atoms with Crippen LogP contribution in [0.25, 0.3) is 11.1 Å². The van der Waals surface area contributed by atoms with E-state index in [9.17, 15) is 38.4 Å². The highest BCUT2D eigenvalue weighted by atomic mass is 16.6. The molecule has 64 heavy (non-hydrogen) atoms. The highest BCUT2D eigenvalue weighted by Gasteiger charge is 2.61. The van der Waals surface area contributed by atoms with Gasteiger partial charge in [-0.05, 0) is 137 Å². The van der Waals surface area contributed by atoms with Crippen LogP contribution >= 0.6 is 0 Å². The fourth-order valence-electron chi connectivity index (χ4n) is 10.2. The van der Waals surface area contributed by atoms with Gasteiger partial charge < -0.3 is 37.9 Å². The van der Waals surface area contributed by atoms with E-state index in [1.165, 1.54) is 0 Å². The molecule has 0 aliphatic heterocycles. The first-order valence-electron chi connectivity index (χ1n) is 22.3. The molecule has 6 rings (SSSR count). The maximum absolute atomic E-state index is 14.1. The van der Waals surface area contributed by atoms with Crippen LogP contribution in [0.1, 0.15) is 99.9 Å². The van der Waals surface area contributed by atoms with Gasteiger partial charge in [-0.15, -0.1) is 0 Å². The summed E-state index contributed by atoms with van der Waals surface area (Å²) in [5, 5.41) is 0. The topological polar surface area (TPSA) is 210 Å². The van der Waals surface area contributed by atoms with Crippen molar-refractivity contribution in [1.29, 1.82) is 0 Å². The van der Waals surface area contributed by atoms with Crippen LogP contribution in [0, 0.1) is 21.7 Å². The van der Waals surface area contributed by atoms with Gasteiger partial charge in [0.2, 0.25) is 0 Å². The van der Waals surface area contributed by atoms with Crippen molar-refractivity contribution >= 4 is 47.8 Å². The maximum Gasteiger partial charge on any atom is 0.324 e. The second-order valence-corrected chi connectivity index (χ2v) is 16.6. The Morgan fingerprint density at radius 1 is 0.312 bits per heavy atom. The largest absolute Gasteiger partial charge is 0.465 e. The fourth-order valence-corrected chi connectivity index (χ4v) is 10.2. The number of ether oxygens (including phenoxy) is 8. The molecule has 0 N–H and O–H groups in total. The molecule has 0 atom stereocenters. The summed E-state index contributed by atoms with van der Waals surface area (Å²) < 4.78 is 44.5. The van der Waals surface area contributed by atoms with Gasteiger partial charge >= 0.3 is 47.8 Å². The van der Waals surface area contributed by atoms with E-state index in [-0.39, 0.29) is 104 Å². The normalized spacial score (nSPS) is 17.4. The first kappa shape index (κ1) is 47.7. The van der Waals surface area contributed by atoms with Crippen molar-refractivity contribution < 1.29 is 76.3 Å². The van der Waals surface area contributed by atoms with E-state index in [1.807, 2.05) is 0 Å². The minimum atomic E-state index is -1.85. The van der Waals surface area contributed by atoms with E-state index >= 15 is 0 Å². The molecule has 4 aliphatic rings. The lowest BCUT2D eigenvalue weighted by Gasteiger charge is -2.27. The van der Waals surface area contributed by atoms with E-state index in [0.29, 0.717) is 55.6 Å². The van der Waals surface area contributed by atoms with Gasteiger partial charge in [0.05, 0.1) is 52.9 Å². The third-order valence-corrected chi connectivity index (χ3v) is 12.9. The van der Waals surface area contributed by atoms with Crippen molar-refractivity contribution in [3.63, 3.8) is 0 Å². The molecule has 0 spiro atoms. The Morgan fingerprint density at radius 3 is 0.609 bits per heavy atom. The third-order valence-electron chi connectivity index (χ3n) is 12.9. The summed E-state index contributed by atoms with van der Waals surface area (Å²) in [6, 6.07) is 3.56. The molecule has 0 saturated heterocycles. The SMILES string of the molecule is CCOC(=O)C1(C(=O)OCC)Cc2cc3c(c(-c4c5c(cc6c4CC(C(=O)OCC)(C(=O)OCC)C6)CC(C(=O)OCC)(C(=O)OCC)C5)c2C1)CC(C(=O)OCC)(C(=O)OCC)C3. The summed E-state index contributed by atoms with van der Waals surface area (Å²) in [7, 11) is 0. The molecule has 0 radical (unpaired) electrons. The number of carbonyl (C=O) groups is 8. The molecule has 4 aliphatic carbocycles. The Kier molecular flexibility index (Phi) is 14.0. The van der Waals surface area contributed by atoms with E-state index in [1.54, 1.807) is 67.5 Å². The molecule has 0 fully saturated rings. The Bertz CT molecular complexity index is 1890. The van der Waals surface area contributed by atoms with Crippen LogP contribution in [0.2, 0.25) is 0 Å². The number of benzene rings is 2. The molecular formula is C48H58O16. The van der Waals surface area contributed by atoms with Crippen molar-refractivity contribution in [3.8, 4) is 11.1 Å². The fraction of sp³-hybridized carbons (Fsp3) is 0.583. The van der Waals surface area contributed by atoms with Crippen molar-refractivity contribution in [1.82, 2.24) is 0 Å². The highest BCUT2D eigenvalue weighted by molar-refractivity contribution is 6.07. The minimum absolute atomic E-state index is 0.0331. The smallest absolute Gasteiger partial charge is 0.324 e. The molecule has 0 bridgehead atoms. The van der Waals surface area contributed by atoms with Gasteiger partial charge in [-0.25, -0.2) is 0 Å². The van der Waals surface area contributed by atoms with E-state index in [0.717, 1.165) is 0 Å². The Hall–Kier alpha value is -5.80. The quantitative estimate of drug-likeness (QED) is 0.124. The first-order chi connectivity index (χ1) is 30.6. The maximum atomic E-state index is 14.1. The molecule has 0 aromatic heterocycles. The predicted octanol–water partition coefficient (Wildman–Crippen LogP) is 4.20. The summed E-state index contributed by atoms with van der Waals surface area (Å²) >= 11 is 0. The zero-order chi connectivity index (χ0) is 46.8. The van der Waals surface area contributed by atoms with Gasteiger partial charge in [-0.2, -0.15) is 0 Å². The predicted molar refractivity (Wildman–Crippen MR) is 224 cm³/mol. The van der Waals surface area contributed by atoms with Gasteiger partial charge in [0.15, 0.2) is 21.7 Å². The molecule has 0 saturated carbocycles. The summed E-state index contributed by atoms with van der Waals surface area (Å²) in [6.07, 6.45) is -1.65. The van der Waals surface area contributed by atoms with Crippen LogP contribution in [0.4, 0.5) is 0 Å². The van der Waals surface area contributed by atoms with E-state index < -0.39 is 69.4 Å². The molecule has 16 nitrogen and oxygen atoms in total. The Morgan fingerprint density at radius 2 is 0.469 bits per heavy atom. The zero-order valence-corrected chi connectivity index (χ0v) is 38.0. The van der Waals surface area contributed by atoms with Crippen molar-refractivity contribution in [2.75, 3.05) is 52.9 Å². The second kappa shape index (κ2) is 18.7. The zero-order valence-electron chi connectivity index (χ0n) is 38.0. The van der Waals surface area contributed by atoms with Crippen LogP contribution < -0.4 is 0 Å². The van der Waals surface area contributed by atoms with Gasteiger partial charge in [0.1, 0.15) is 0 Å². The van der Waals surface area contributed by atoms with Crippen molar-refractivity contribution in [2.24, 2.45) is 21.7 Å². The molecule has 0 heterocycles. The van der Waals surface area contributed by atoms with Gasteiger partial charge in [-0.1, -0.05) is 12.1 Å². The first-order valence-corrected chi connectivity index (χ1v) is 22.3. The minimum Gasteiger partial charge on any atom is -0.465 e. The third kappa shape index (κ3) is 7.59. The summed E-state index contributed by atoms with van der Waals surface area (Å²) in [6.45, 7) is 12.7. The summed E-state index contributed by atoms with van der Waals surface area (Å²) in [4.78, 5) is 113. The van der Waals surface area contributed by atoms with Crippen LogP contribution in [-0.2, 0) is 128 Å². The van der Waals surface area contributed by atoms with Gasteiger partial charge in [-0.3, -0.25) is 38.4 Å². The van der Waals surface area contributed by atoms with Crippen LogP contribution in [0.3, 0.4) is 0 Å². The molecule has 0 unspecified atom stereocenters. The second-order valence-electron chi connectivity index (χ2n) is 16.6. The summed E-state index contributed by atoms with van der Waals surface area (Å²) in [5.41, 5.74) is -2.57. The average Bonchev–Trinajstić information content (AvgIpc) is 4.04. The van der Waals surface area contributed by atoms with E-state index in [2.05, 4.69) is 0 Å². The number of hydrogen-bond acceptors (Lipinski definition) is 16. The summed E-state index contributed by atoms with van der Waals surface area (Å²) in [5.74, 6) is -6.45. The number of rotatable bonds is 17. The van der Waals surface area contributed by atoms with Crippen molar-refractivity contribution in [2.45, 2.75) is 107 Å². The standard InChI is InChI=1S/C48H58O16/c1-9-57-37(49)45(38(50)58-10-2)19-27-17-28-20-46(39(51)59-11-3,40(52)60-12-4)24-32(28)35(31(27)23-45)36-33-25-47(41(53)61-13-5,42(54)62-14-6)21-29(33)18-30-22-48(26-34(30)36,43(55)63-15-7)44(56)64-16-8/h17-18H,9-16,19-26H2,1-8H3. The van der Waals surface area contributed by atoms with Crippen LogP contribution in [0.15, 0.2) is 12.1 Å². The average molecular weight is 891 g/mol. The number of hydrogen-bond donors (Lipinski definition) is 0. The van der Waals surface area contributed by atoms with E-state index in [4.69, 9.17) is 37.9 Å². The van der Waals surface area contributed by atoms with Crippen molar-refractivity contribution in [3.05, 3.63) is 56.6 Å². The van der Waals surface area contributed by atoms with Gasteiger partial charge in [0.25, 0.3) is 0 Å². The van der Waals surface area contributed by atoms with Crippen LogP contribution in [-0.4, -0.2) is 101 Å². The molecule has 0 amide bonds. The van der Waals surface area contributed by atoms with Gasteiger partial charge in [0, 0.05) is 25.7 Å². The molecule has 2 aromatic rings. The molecule has 16 heteroatoms. The number of esters is 8. The Balaban J connectivity index is 1.75. The number of carbonyl (C=O) groups excluding carboxylic acids is 8. The molecule has 2 aromatic carbocycles. The lowest BCUT2D eigenvalue weighted by molar-refractivity contribution is -0.173. The monoisotopic (exact) mass is 890 g/mol.